The van der Waals surface area contributed by atoms with E-state index in [0.29, 0.717) is 50.9 Å². The van der Waals surface area contributed by atoms with E-state index in [4.69, 9.17) is 4.74 Å². The first kappa shape index (κ1) is 32.1. The summed E-state index contributed by atoms with van der Waals surface area (Å²) in [6.45, 7) is 7.91. The van der Waals surface area contributed by atoms with Crippen LogP contribution in [0.3, 0.4) is 0 Å². The van der Waals surface area contributed by atoms with E-state index in [1.165, 1.54) is 4.68 Å². The number of carbonyl (C=O) groups excluding carboxylic acids is 2. The van der Waals surface area contributed by atoms with Crippen molar-refractivity contribution in [1.29, 1.82) is 0 Å². The number of benzene rings is 2. The highest BCUT2D eigenvalue weighted by molar-refractivity contribution is 5.85. The summed E-state index contributed by atoms with van der Waals surface area (Å²) >= 11 is 0. The molecule has 254 valence electrons. The Hall–Kier alpha value is -4.49. The molecule has 0 radical (unpaired) electrons. The van der Waals surface area contributed by atoms with Gasteiger partial charge in [0.05, 0.1) is 17.8 Å². The molecule has 0 bridgehead atoms. The van der Waals surface area contributed by atoms with Crippen LogP contribution in [0.25, 0.3) is 22.3 Å². The minimum absolute atomic E-state index is 0.141. The molecule has 13 heteroatoms. The second-order valence-corrected chi connectivity index (χ2v) is 13.5. The van der Waals surface area contributed by atoms with E-state index in [0.717, 1.165) is 66.6 Å². The number of nitrogens with zero attached hydrogens (tertiary/aromatic N) is 7. The van der Waals surface area contributed by atoms with Gasteiger partial charge in [0.2, 0.25) is 0 Å². The van der Waals surface area contributed by atoms with E-state index < -0.39 is 12.2 Å². The van der Waals surface area contributed by atoms with Crippen molar-refractivity contribution in [3.63, 3.8) is 0 Å². The molecular weight excluding hydrogens is 610 g/mol. The van der Waals surface area contributed by atoms with E-state index >= 15 is 0 Å². The van der Waals surface area contributed by atoms with Gasteiger partial charge in [-0.05, 0) is 69.9 Å². The number of rotatable bonds is 7. The van der Waals surface area contributed by atoms with Crippen LogP contribution >= 0.6 is 0 Å². The van der Waals surface area contributed by atoms with Crippen molar-refractivity contribution in [2.75, 3.05) is 59.4 Å². The number of carbonyl (C=O) groups is 2. The Morgan fingerprint density at radius 2 is 1.62 bits per heavy atom. The molecule has 2 amide bonds. The van der Waals surface area contributed by atoms with Gasteiger partial charge in [-0.3, -0.25) is 19.8 Å². The fraction of sp³-hybridized carbons (Fsp3) is 0.514. The van der Waals surface area contributed by atoms with Gasteiger partial charge in [0.15, 0.2) is 11.9 Å². The maximum absolute atomic E-state index is 14.1. The third-order valence-electron chi connectivity index (χ3n) is 10.3. The van der Waals surface area contributed by atoms with E-state index in [1.54, 1.807) is 11.1 Å². The van der Waals surface area contributed by atoms with Gasteiger partial charge < -0.3 is 19.4 Å². The maximum Gasteiger partial charge on any atom is 0.410 e. The summed E-state index contributed by atoms with van der Waals surface area (Å²) in [7, 11) is 2.17. The standard InChI is InChI=1S/C35H45N9O4/c1-24-20-25(21-27-23-36-38-31(24)27)22-30(33(45)42-18-16-41(17-19-42)28-8-12-40(2)13-9-28)48-35(47)43-14-10-29(11-15-43)44-34(46)37-32(39-44)26-6-4-3-5-7-26/h3-7,20-21,23,28-30H,8-19,22H2,1-2H3,(H,36,38)(H,37,39,46). The number of fused-ring (bicyclic) bond motifs is 1. The zero-order chi connectivity index (χ0) is 33.2. The highest BCUT2D eigenvalue weighted by Gasteiger charge is 2.35. The summed E-state index contributed by atoms with van der Waals surface area (Å²) in [5.41, 5.74) is 3.48. The quantitative estimate of drug-likeness (QED) is 0.310. The topological polar surface area (TPSA) is 136 Å². The molecule has 7 rings (SSSR count). The second-order valence-electron chi connectivity index (χ2n) is 13.5. The predicted molar refractivity (Wildman–Crippen MR) is 182 cm³/mol. The minimum atomic E-state index is -0.948. The third kappa shape index (κ3) is 6.88. The molecule has 1 unspecified atom stereocenters. The average molecular weight is 656 g/mol. The maximum atomic E-state index is 14.1. The zero-order valence-electron chi connectivity index (χ0n) is 27.8. The molecule has 2 aromatic heterocycles. The van der Waals surface area contributed by atoms with Gasteiger partial charge in [-0.25, -0.2) is 14.3 Å². The van der Waals surface area contributed by atoms with Gasteiger partial charge in [-0.2, -0.15) is 5.10 Å². The lowest BCUT2D eigenvalue weighted by Crippen LogP contribution is -2.56. The summed E-state index contributed by atoms with van der Waals surface area (Å²) in [6, 6.07) is 14.0. The Morgan fingerprint density at radius 1 is 0.917 bits per heavy atom. The number of aromatic nitrogens is 5. The van der Waals surface area contributed by atoms with Gasteiger partial charge in [-0.1, -0.05) is 36.4 Å². The Balaban J connectivity index is 1.01. The first-order valence-electron chi connectivity index (χ1n) is 17.2. The van der Waals surface area contributed by atoms with E-state index in [9.17, 15) is 14.4 Å². The number of amides is 2. The molecule has 3 fully saturated rings. The Labute approximate surface area is 279 Å². The highest BCUT2D eigenvalue weighted by atomic mass is 16.6. The number of aromatic amines is 2. The van der Waals surface area contributed by atoms with Gasteiger partial charge in [0.25, 0.3) is 5.91 Å². The molecule has 5 heterocycles. The van der Waals surface area contributed by atoms with Crippen LogP contribution in [0.2, 0.25) is 0 Å². The highest BCUT2D eigenvalue weighted by Crippen LogP contribution is 2.25. The van der Waals surface area contributed by atoms with Gasteiger partial charge >= 0.3 is 11.8 Å². The lowest BCUT2D eigenvalue weighted by atomic mass is 10.0. The van der Waals surface area contributed by atoms with Crippen LogP contribution in [0.1, 0.15) is 42.9 Å². The van der Waals surface area contributed by atoms with E-state index in [2.05, 4.69) is 37.1 Å². The lowest BCUT2D eigenvalue weighted by Gasteiger charge is -2.42. The minimum Gasteiger partial charge on any atom is -0.436 e. The van der Waals surface area contributed by atoms with Crippen molar-refractivity contribution in [3.05, 3.63) is 70.3 Å². The largest absolute Gasteiger partial charge is 0.436 e. The normalized spacial score (nSPS) is 19.5. The van der Waals surface area contributed by atoms with E-state index in [-0.39, 0.29) is 24.1 Å². The Bertz CT molecular complexity index is 1780. The molecule has 0 aliphatic carbocycles. The number of piperazine rings is 1. The van der Waals surface area contributed by atoms with Crippen LogP contribution in [0, 0.1) is 6.92 Å². The number of aryl methyl sites for hydroxylation is 1. The number of likely N-dealkylation sites (tertiary alicyclic amines) is 2. The molecule has 13 nitrogen and oxygen atoms in total. The van der Waals surface area contributed by atoms with Crippen LogP contribution in [0.4, 0.5) is 4.79 Å². The number of hydrogen-bond donors (Lipinski definition) is 2. The number of nitrogens with one attached hydrogen (secondary N) is 2. The van der Waals surface area contributed by atoms with Crippen LogP contribution in [0.15, 0.2) is 53.5 Å². The molecule has 2 N–H and O–H groups in total. The van der Waals surface area contributed by atoms with Gasteiger partial charge in [-0.15, -0.1) is 5.10 Å². The van der Waals surface area contributed by atoms with Gasteiger partial charge in [0, 0.05) is 62.7 Å². The van der Waals surface area contributed by atoms with Crippen molar-refractivity contribution >= 4 is 22.9 Å². The Kier molecular flexibility index (Phi) is 9.31. The van der Waals surface area contributed by atoms with Crippen LogP contribution in [0.5, 0.6) is 0 Å². The number of H-pyrrole nitrogens is 2. The molecule has 0 saturated carbocycles. The zero-order valence-corrected chi connectivity index (χ0v) is 27.8. The van der Waals surface area contributed by atoms with Crippen molar-refractivity contribution in [2.45, 2.75) is 57.2 Å². The fourth-order valence-corrected chi connectivity index (χ4v) is 7.49. The summed E-state index contributed by atoms with van der Waals surface area (Å²) in [5, 5.41) is 12.7. The smallest absolute Gasteiger partial charge is 0.410 e. The SMILES string of the molecule is Cc1cc(CC(OC(=O)N2CCC(n3nc(-c4ccccc4)[nH]c3=O)CC2)C(=O)N2CCN(C3CCN(C)CC3)CC2)cc2cn[nH]c12. The second kappa shape index (κ2) is 13.9. The lowest BCUT2D eigenvalue weighted by molar-refractivity contribution is -0.143. The molecule has 3 aliphatic rings. The van der Waals surface area contributed by atoms with Crippen molar-refractivity contribution in [2.24, 2.45) is 0 Å². The Morgan fingerprint density at radius 3 is 2.35 bits per heavy atom. The molecule has 3 saturated heterocycles. The molecule has 48 heavy (non-hydrogen) atoms. The van der Waals surface area contributed by atoms with Crippen molar-refractivity contribution < 1.29 is 14.3 Å². The van der Waals surface area contributed by atoms with Crippen molar-refractivity contribution in [1.82, 2.24) is 44.6 Å². The van der Waals surface area contributed by atoms with Crippen LogP contribution < -0.4 is 5.69 Å². The summed E-state index contributed by atoms with van der Waals surface area (Å²) in [6.07, 6.45) is 4.02. The fourth-order valence-electron chi connectivity index (χ4n) is 7.49. The average Bonchev–Trinajstić information content (AvgIpc) is 3.76. The monoisotopic (exact) mass is 655 g/mol. The predicted octanol–water partition coefficient (Wildman–Crippen LogP) is 3.05. The van der Waals surface area contributed by atoms with Crippen LogP contribution in [-0.2, 0) is 16.0 Å². The number of hydrogen-bond acceptors (Lipinski definition) is 8. The third-order valence-corrected chi connectivity index (χ3v) is 10.3. The number of piperidine rings is 2. The molecular formula is C35H45N9O4. The molecule has 0 spiro atoms. The van der Waals surface area contributed by atoms with E-state index in [1.807, 2.05) is 54.3 Å². The number of ether oxygens (including phenoxy) is 1. The van der Waals surface area contributed by atoms with Gasteiger partial charge in [0.1, 0.15) is 0 Å². The molecule has 3 aliphatic heterocycles. The summed E-state index contributed by atoms with van der Waals surface area (Å²) in [4.78, 5) is 51.7. The molecule has 4 aromatic rings. The first-order chi connectivity index (χ1) is 23.3. The van der Waals surface area contributed by atoms with Crippen LogP contribution in [-0.4, -0.2) is 128 Å². The van der Waals surface area contributed by atoms with Crippen molar-refractivity contribution in [3.8, 4) is 11.4 Å². The summed E-state index contributed by atoms with van der Waals surface area (Å²) < 4.78 is 7.58. The first-order valence-corrected chi connectivity index (χ1v) is 17.2. The summed E-state index contributed by atoms with van der Waals surface area (Å²) in [5.74, 6) is 0.377. The molecule has 2 aromatic carbocycles. The molecule has 1 atom stereocenters.